The molecule has 1 aliphatic heterocycles. The van der Waals surface area contributed by atoms with Gasteiger partial charge in [0, 0.05) is 12.0 Å². The van der Waals surface area contributed by atoms with Crippen molar-refractivity contribution in [2.45, 2.75) is 58.5 Å². The van der Waals surface area contributed by atoms with Crippen molar-refractivity contribution in [2.24, 2.45) is 0 Å². The van der Waals surface area contributed by atoms with Gasteiger partial charge in [0.25, 0.3) is 0 Å². The van der Waals surface area contributed by atoms with E-state index in [1.807, 2.05) is 52.8 Å². The summed E-state index contributed by atoms with van der Waals surface area (Å²) in [5.41, 5.74) is 1.93. The van der Waals surface area contributed by atoms with Gasteiger partial charge in [0.05, 0.1) is 12.1 Å². The van der Waals surface area contributed by atoms with Crippen LogP contribution < -0.4 is 4.90 Å². The van der Waals surface area contributed by atoms with Crippen molar-refractivity contribution in [2.75, 3.05) is 11.4 Å². The molecule has 5 nitrogen and oxygen atoms in total. The molecule has 0 unspecified atom stereocenters. The van der Waals surface area contributed by atoms with E-state index in [9.17, 15) is 9.59 Å². The number of carbonyl (C=O) groups is 2. The highest BCUT2D eigenvalue weighted by atomic mass is 16.6. The molecule has 1 aromatic carbocycles. The van der Waals surface area contributed by atoms with Gasteiger partial charge >= 0.3 is 12.1 Å². The highest BCUT2D eigenvalue weighted by Gasteiger charge is 2.31. The average molecular weight is 319 g/mol. The van der Waals surface area contributed by atoms with Crippen molar-refractivity contribution in [3.63, 3.8) is 0 Å². The Morgan fingerprint density at radius 2 is 1.87 bits per heavy atom. The molecule has 0 aliphatic carbocycles. The maximum absolute atomic E-state index is 12.3. The molecule has 0 saturated carbocycles. The quantitative estimate of drug-likeness (QED) is 0.921. The number of hydrogen-bond donors (Lipinski definition) is 1. The topological polar surface area (TPSA) is 66.8 Å². The van der Waals surface area contributed by atoms with Crippen LogP contribution in [0.5, 0.6) is 0 Å². The summed E-state index contributed by atoms with van der Waals surface area (Å²) in [6.07, 6.45) is 0.487. The molecule has 0 fully saturated rings. The third-order valence-corrected chi connectivity index (χ3v) is 3.96. The Morgan fingerprint density at radius 3 is 2.43 bits per heavy atom. The van der Waals surface area contributed by atoms with Crippen LogP contribution in [0, 0.1) is 0 Å². The minimum absolute atomic E-state index is 0.0710. The van der Waals surface area contributed by atoms with Gasteiger partial charge < -0.3 is 9.84 Å². The maximum atomic E-state index is 12.3. The summed E-state index contributed by atoms with van der Waals surface area (Å²) < 4.78 is 5.44. The van der Waals surface area contributed by atoms with Crippen LogP contribution in [0.2, 0.25) is 0 Å². The summed E-state index contributed by atoms with van der Waals surface area (Å²) in [6, 6.07) is 5.82. The standard InChI is InChI=1S/C18H25NO4/c1-17(2,3)23-16(22)19-9-8-12-10-13(6-7-14(12)19)18(4,5)11-15(20)21/h6-7,10H,8-9,11H2,1-5H3,(H,20,21). The second-order valence-corrected chi connectivity index (χ2v) is 7.68. The van der Waals surface area contributed by atoms with E-state index in [-0.39, 0.29) is 12.5 Å². The average Bonchev–Trinajstić information content (AvgIpc) is 2.77. The smallest absolute Gasteiger partial charge is 0.414 e. The Balaban J connectivity index is 2.24. The van der Waals surface area contributed by atoms with E-state index in [2.05, 4.69) is 0 Å². The molecule has 1 heterocycles. The zero-order valence-electron chi connectivity index (χ0n) is 14.5. The van der Waals surface area contributed by atoms with Crippen LogP contribution in [-0.4, -0.2) is 29.3 Å². The summed E-state index contributed by atoms with van der Waals surface area (Å²) in [7, 11) is 0. The van der Waals surface area contributed by atoms with Gasteiger partial charge in [-0.25, -0.2) is 4.79 Å². The molecule has 2 rings (SSSR count). The van der Waals surface area contributed by atoms with Crippen molar-refractivity contribution in [3.8, 4) is 0 Å². The summed E-state index contributed by atoms with van der Waals surface area (Å²) >= 11 is 0. The van der Waals surface area contributed by atoms with Gasteiger partial charge in [-0.1, -0.05) is 26.0 Å². The van der Waals surface area contributed by atoms with Crippen LogP contribution in [0.1, 0.15) is 52.2 Å². The number of carboxylic acids is 1. The van der Waals surface area contributed by atoms with Crippen LogP contribution in [0.3, 0.4) is 0 Å². The van der Waals surface area contributed by atoms with Crippen molar-refractivity contribution in [3.05, 3.63) is 29.3 Å². The number of nitrogens with zero attached hydrogens (tertiary/aromatic N) is 1. The van der Waals surface area contributed by atoms with Crippen LogP contribution in [-0.2, 0) is 21.4 Å². The summed E-state index contributed by atoms with van der Waals surface area (Å²) in [4.78, 5) is 25.0. The Kier molecular flexibility index (Phi) is 4.42. The van der Waals surface area contributed by atoms with Crippen molar-refractivity contribution in [1.82, 2.24) is 0 Å². The first-order valence-corrected chi connectivity index (χ1v) is 7.85. The predicted octanol–water partition coefficient (Wildman–Crippen LogP) is 3.74. The SMILES string of the molecule is CC(C)(C)OC(=O)N1CCc2cc(C(C)(C)CC(=O)O)ccc21. The zero-order chi connectivity index (χ0) is 17.4. The second kappa shape index (κ2) is 5.87. The van der Waals surface area contributed by atoms with E-state index in [0.717, 1.165) is 23.2 Å². The molecule has 1 aromatic rings. The van der Waals surface area contributed by atoms with E-state index in [0.29, 0.717) is 6.54 Å². The van der Waals surface area contributed by atoms with E-state index >= 15 is 0 Å². The lowest BCUT2D eigenvalue weighted by atomic mass is 9.81. The summed E-state index contributed by atoms with van der Waals surface area (Å²) in [5.74, 6) is -0.814. The molecular formula is C18H25NO4. The lowest BCUT2D eigenvalue weighted by molar-refractivity contribution is -0.138. The maximum Gasteiger partial charge on any atom is 0.414 e. The van der Waals surface area contributed by atoms with Crippen LogP contribution in [0.4, 0.5) is 10.5 Å². The monoisotopic (exact) mass is 319 g/mol. The number of ether oxygens (including phenoxy) is 1. The normalized spacial score (nSPS) is 14.6. The van der Waals surface area contributed by atoms with E-state index in [1.165, 1.54) is 0 Å². The fourth-order valence-corrected chi connectivity index (χ4v) is 2.81. The fourth-order valence-electron chi connectivity index (χ4n) is 2.81. The molecule has 0 saturated heterocycles. The molecule has 1 aliphatic rings. The highest BCUT2D eigenvalue weighted by molar-refractivity contribution is 5.90. The number of carbonyl (C=O) groups excluding carboxylic acids is 1. The minimum atomic E-state index is -0.814. The van der Waals surface area contributed by atoms with Gasteiger partial charge in [-0.15, -0.1) is 0 Å². The molecule has 0 aromatic heterocycles. The number of benzene rings is 1. The molecule has 0 radical (unpaired) electrons. The largest absolute Gasteiger partial charge is 0.481 e. The molecule has 5 heteroatoms. The molecule has 1 N–H and O–H groups in total. The van der Waals surface area contributed by atoms with Crippen LogP contribution in [0.15, 0.2) is 18.2 Å². The van der Waals surface area contributed by atoms with Gasteiger partial charge in [0.2, 0.25) is 0 Å². The molecule has 0 spiro atoms. The predicted molar refractivity (Wildman–Crippen MR) is 89.0 cm³/mol. The Labute approximate surface area is 137 Å². The molecule has 0 atom stereocenters. The van der Waals surface area contributed by atoms with E-state index in [4.69, 9.17) is 9.84 Å². The van der Waals surface area contributed by atoms with Crippen LogP contribution >= 0.6 is 0 Å². The number of aliphatic carboxylic acids is 1. The first-order chi connectivity index (χ1) is 10.5. The molecule has 23 heavy (non-hydrogen) atoms. The number of fused-ring (bicyclic) bond motifs is 1. The van der Waals surface area contributed by atoms with Gasteiger partial charge in [-0.3, -0.25) is 9.69 Å². The fraction of sp³-hybridized carbons (Fsp3) is 0.556. The Bertz CT molecular complexity index is 628. The summed E-state index contributed by atoms with van der Waals surface area (Å²) in [6.45, 7) is 9.97. The first kappa shape index (κ1) is 17.3. The van der Waals surface area contributed by atoms with Crippen LogP contribution in [0.25, 0.3) is 0 Å². The molecule has 126 valence electrons. The van der Waals surface area contributed by atoms with Gasteiger partial charge in [-0.2, -0.15) is 0 Å². The highest BCUT2D eigenvalue weighted by Crippen LogP contribution is 2.35. The molecule has 0 bridgehead atoms. The lowest BCUT2D eigenvalue weighted by Gasteiger charge is -2.26. The van der Waals surface area contributed by atoms with Gasteiger partial charge in [0.15, 0.2) is 0 Å². The van der Waals surface area contributed by atoms with Crippen molar-refractivity contribution in [1.29, 1.82) is 0 Å². The third kappa shape index (κ3) is 4.03. The summed E-state index contributed by atoms with van der Waals surface area (Å²) in [5, 5.41) is 9.06. The van der Waals surface area contributed by atoms with Crippen molar-refractivity contribution >= 4 is 17.7 Å². The Morgan fingerprint density at radius 1 is 1.22 bits per heavy atom. The third-order valence-electron chi connectivity index (χ3n) is 3.96. The van der Waals surface area contributed by atoms with Gasteiger partial charge in [-0.05, 0) is 44.4 Å². The number of amides is 1. The Hall–Kier alpha value is -2.04. The molecular weight excluding hydrogens is 294 g/mol. The first-order valence-electron chi connectivity index (χ1n) is 7.85. The van der Waals surface area contributed by atoms with Gasteiger partial charge in [0.1, 0.15) is 5.60 Å². The van der Waals surface area contributed by atoms with Crippen molar-refractivity contribution < 1.29 is 19.4 Å². The van der Waals surface area contributed by atoms with E-state index < -0.39 is 17.0 Å². The zero-order valence-corrected chi connectivity index (χ0v) is 14.5. The minimum Gasteiger partial charge on any atom is -0.481 e. The second-order valence-electron chi connectivity index (χ2n) is 7.68. The number of anilines is 1. The number of rotatable bonds is 3. The van der Waals surface area contributed by atoms with E-state index in [1.54, 1.807) is 4.90 Å². The number of hydrogen-bond acceptors (Lipinski definition) is 3. The lowest BCUT2D eigenvalue weighted by Crippen LogP contribution is -2.35. The molecule has 1 amide bonds. The number of carboxylic acid groups (broad SMARTS) is 1.